The molecule has 2 rings (SSSR count). The van der Waals surface area contributed by atoms with Crippen molar-refractivity contribution in [1.29, 1.82) is 0 Å². The zero-order chi connectivity index (χ0) is 21.2. The molecule has 0 aliphatic carbocycles. The smallest absolute Gasteiger partial charge is 0.329 e. The van der Waals surface area contributed by atoms with Crippen molar-refractivity contribution >= 4 is 23.6 Å². The van der Waals surface area contributed by atoms with E-state index in [1.54, 1.807) is 43.5 Å². The highest BCUT2D eigenvalue weighted by Gasteiger charge is 2.23. The maximum absolute atomic E-state index is 12.1. The molecule has 8 heteroatoms. The van der Waals surface area contributed by atoms with Crippen molar-refractivity contribution in [2.24, 2.45) is 0 Å². The number of urea groups is 1. The summed E-state index contributed by atoms with van der Waals surface area (Å²) in [7, 11) is 1.58. The van der Waals surface area contributed by atoms with Crippen molar-refractivity contribution < 1.29 is 23.9 Å². The summed E-state index contributed by atoms with van der Waals surface area (Å²) in [6, 6.07) is 14.6. The van der Waals surface area contributed by atoms with Gasteiger partial charge in [0, 0.05) is 12.2 Å². The molecule has 0 radical (unpaired) electrons. The van der Waals surface area contributed by atoms with Gasteiger partial charge in [-0.3, -0.25) is 4.79 Å². The third-order valence-corrected chi connectivity index (χ3v) is 4.02. The molecule has 0 aliphatic rings. The number of rotatable bonds is 8. The molecule has 0 aromatic heterocycles. The largest absolute Gasteiger partial charge is 0.497 e. The van der Waals surface area contributed by atoms with Crippen LogP contribution in [0.15, 0.2) is 54.6 Å². The van der Waals surface area contributed by atoms with Crippen LogP contribution in [0.3, 0.4) is 0 Å². The van der Waals surface area contributed by atoms with Crippen LogP contribution in [0.1, 0.15) is 19.4 Å². The fourth-order valence-electron chi connectivity index (χ4n) is 2.35. The van der Waals surface area contributed by atoms with Gasteiger partial charge in [0.05, 0.1) is 7.11 Å². The number of anilines is 1. The van der Waals surface area contributed by atoms with Crippen LogP contribution in [-0.2, 0) is 20.9 Å². The van der Waals surface area contributed by atoms with Crippen molar-refractivity contribution in [3.63, 3.8) is 0 Å². The fourth-order valence-corrected chi connectivity index (χ4v) is 2.35. The predicted molar refractivity (Wildman–Crippen MR) is 108 cm³/mol. The van der Waals surface area contributed by atoms with Gasteiger partial charge in [0.25, 0.3) is 5.91 Å². The van der Waals surface area contributed by atoms with Gasteiger partial charge in [-0.1, -0.05) is 30.3 Å². The number of hydrogen-bond acceptors (Lipinski definition) is 5. The van der Waals surface area contributed by atoms with Crippen LogP contribution < -0.4 is 20.7 Å². The second kappa shape index (κ2) is 10.7. The number of methoxy groups -OCH3 is 1. The Kier molecular flexibility index (Phi) is 8.02. The number of hydrogen-bond donors (Lipinski definition) is 3. The Bertz CT molecular complexity index is 824. The van der Waals surface area contributed by atoms with Crippen LogP contribution in [0.25, 0.3) is 0 Å². The molecule has 154 valence electrons. The fraction of sp³-hybridized carbons (Fsp3) is 0.286. The summed E-state index contributed by atoms with van der Waals surface area (Å²) in [5, 5.41) is 7.77. The molecule has 0 heterocycles. The molecule has 3 N–H and O–H groups in total. The van der Waals surface area contributed by atoms with Gasteiger partial charge < -0.3 is 25.4 Å². The summed E-state index contributed by atoms with van der Waals surface area (Å²) in [5.74, 6) is -0.421. The number of ether oxygens (including phenoxy) is 2. The van der Waals surface area contributed by atoms with Crippen LogP contribution in [-0.4, -0.2) is 37.2 Å². The van der Waals surface area contributed by atoms with E-state index in [2.05, 4.69) is 16.0 Å². The lowest BCUT2D eigenvalue weighted by atomic mass is 10.2. The first kappa shape index (κ1) is 21.7. The first-order chi connectivity index (χ1) is 13.9. The predicted octanol–water partition coefficient (Wildman–Crippen LogP) is 2.45. The summed E-state index contributed by atoms with van der Waals surface area (Å²) in [6.45, 7) is 3.24. The van der Waals surface area contributed by atoms with E-state index in [1.807, 2.05) is 18.2 Å². The zero-order valence-corrected chi connectivity index (χ0v) is 16.6. The number of esters is 1. The maximum atomic E-state index is 12.1. The van der Waals surface area contributed by atoms with Crippen LogP contribution in [0, 0.1) is 0 Å². The van der Waals surface area contributed by atoms with E-state index in [1.165, 1.54) is 13.8 Å². The van der Waals surface area contributed by atoms with Crippen LogP contribution in [0.5, 0.6) is 5.75 Å². The Morgan fingerprint density at radius 1 is 0.966 bits per heavy atom. The first-order valence-electron chi connectivity index (χ1n) is 9.12. The molecule has 8 nitrogen and oxygen atoms in total. The lowest BCUT2D eigenvalue weighted by Crippen LogP contribution is -2.44. The number of para-hydroxylation sites is 1. The first-order valence-corrected chi connectivity index (χ1v) is 9.12. The highest BCUT2D eigenvalue weighted by molar-refractivity contribution is 5.93. The van der Waals surface area contributed by atoms with Gasteiger partial charge in [0.15, 0.2) is 6.10 Å². The third-order valence-electron chi connectivity index (χ3n) is 4.02. The lowest BCUT2D eigenvalue weighted by molar-refractivity contribution is -0.156. The molecule has 0 saturated heterocycles. The van der Waals surface area contributed by atoms with Gasteiger partial charge in [-0.2, -0.15) is 0 Å². The lowest BCUT2D eigenvalue weighted by Gasteiger charge is -2.18. The molecular formula is C21H25N3O5. The van der Waals surface area contributed by atoms with E-state index in [9.17, 15) is 14.4 Å². The molecule has 2 atom stereocenters. The summed E-state index contributed by atoms with van der Waals surface area (Å²) in [6.07, 6.45) is -0.998. The summed E-state index contributed by atoms with van der Waals surface area (Å²) >= 11 is 0. The van der Waals surface area contributed by atoms with Crippen molar-refractivity contribution in [1.82, 2.24) is 10.6 Å². The molecule has 0 fully saturated rings. The minimum atomic E-state index is -0.998. The average molecular weight is 399 g/mol. The van der Waals surface area contributed by atoms with E-state index in [0.717, 1.165) is 11.3 Å². The Balaban J connectivity index is 1.75. The number of carbonyl (C=O) groups is 3. The molecule has 0 aliphatic heterocycles. The normalized spacial score (nSPS) is 12.2. The molecular weight excluding hydrogens is 374 g/mol. The van der Waals surface area contributed by atoms with Gasteiger partial charge in [0.1, 0.15) is 11.8 Å². The topological polar surface area (TPSA) is 106 Å². The molecule has 0 unspecified atom stereocenters. The van der Waals surface area contributed by atoms with E-state index in [4.69, 9.17) is 9.47 Å². The molecule has 0 spiro atoms. The molecule has 0 bridgehead atoms. The monoisotopic (exact) mass is 399 g/mol. The second-order valence-electron chi connectivity index (χ2n) is 6.33. The highest BCUT2D eigenvalue weighted by atomic mass is 16.5. The van der Waals surface area contributed by atoms with Crippen molar-refractivity contribution in [2.45, 2.75) is 32.5 Å². The standard InChI is InChI=1S/C21H25N3O5/c1-14(23-21(27)24-17-7-5-4-6-8-17)20(26)29-15(2)19(25)22-13-16-9-11-18(28-3)12-10-16/h4-12,14-15H,13H2,1-3H3,(H,22,25)(H2,23,24,27)/t14-,15+/m0/s1. The molecule has 3 amide bonds. The molecule has 0 saturated carbocycles. The van der Waals surface area contributed by atoms with E-state index >= 15 is 0 Å². The quantitative estimate of drug-likeness (QED) is 0.591. The second-order valence-corrected chi connectivity index (χ2v) is 6.33. The summed E-state index contributed by atoms with van der Waals surface area (Å²) in [4.78, 5) is 36.2. The minimum absolute atomic E-state index is 0.290. The summed E-state index contributed by atoms with van der Waals surface area (Å²) in [5.41, 5.74) is 1.47. The Morgan fingerprint density at radius 2 is 1.62 bits per heavy atom. The number of benzene rings is 2. The average Bonchev–Trinajstić information content (AvgIpc) is 2.72. The zero-order valence-electron chi connectivity index (χ0n) is 16.6. The van der Waals surface area contributed by atoms with Gasteiger partial charge in [-0.25, -0.2) is 9.59 Å². The Hall–Kier alpha value is -3.55. The Labute approximate surface area is 169 Å². The molecule has 29 heavy (non-hydrogen) atoms. The van der Waals surface area contributed by atoms with E-state index in [0.29, 0.717) is 5.69 Å². The Morgan fingerprint density at radius 3 is 2.24 bits per heavy atom. The SMILES string of the molecule is COc1ccc(CNC(=O)[C@@H](C)OC(=O)[C@H](C)NC(=O)Nc2ccccc2)cc1. The number of nitrogens with one attached hydrogen (secondary N) is 3. The van der Waals surface area contributed by atoms with Crippen molar-refractivity contribution in [3.05, 3.63) is 60.2 Å². The van der Waals surface area contributed by atoms with Crippen LogP contribution in [0.4, 0.5) is 10.5 Å². The van der Waals surface area contributed by atoms with Crippen LogP contribution in [0.2, 0.25) is 0 Å². The number of amides is 3. The summed E-state index contributed by atoms with van der Waals surface area (Å²) < 4.78 is 10.2. The van der Waals surface area contributed by atoms with Crippen LogP contribution >= 0.6 is 0 Å². The van der Waals surface area contributed by atoms with Gasteiger partial charge in [-0.05, 0) is 43.7 Å². The number of carbonyl (C=O) groups excluding carboxylic acids is 3. The van der Waals surface area contributed by atoms with Gasteiger partial charge in [-0.15, -0.1) is 0 Å². The van der Waals surface area contributed by atoms with Gasteiger partial charge >= 0.3 is 12.0 Å². The molecule has 2 aromatic rings. The van der Waals surface area contributed by atoms with E-state index in [-0.39, 0.29) is 6.54 Å². The van der Waals surface area contributed by atoms with Crippen molar-refractivity contribution in [3.8, 4) is 5.75 Å². The minimum Gasteiger partial charge on any atom is -0.497 e. The third kappa shape index (κ3) is 7.17. The molecule has 2 aromatic carbocycles. The van der Waals surface area contributed by atoms with E-state index < -0.39 is 30.1 Å². The maximum Gasteiger partial charge on any atom is 0.329 e. The van der Waals surface area contributed by atoms with Gasteiger partial charge in [0.2, 0.25) is 0 Å². The van der Waals surface area contributed by atoms with Crippen molar-refractivity contribution in [2.75, 3.05) is 12.4 Å². The highest BCUT2D eigenvalue weighted by Crippen LogP contribution is 2.11.